The van der Waals surface area contributed by atoms with Crippen LogP contribution < -0.4 is 14.9 Å². The quantitative estimate of drug-likeness (QED) is 0.595. The van der Waals surface area contributed by atoms with Crippen LogP contribution in [0.1, 0.15) is 36.2 Å². The molecule has 126 valence electrons. The minimum atomic E-state index is -0.266. The summed E-state index contributed by atoms with van der Waals surface area (Å²) >= 11 is 0. The predicted octanol–water partition coefficient (Wildman–Crippen LogP) is 3.64. The van der Waals surface area contributed by atoms with Gasteiger partial charge in [-0.1, -0.05) is 6.92 Å². The Morgan fingerprint density at radius 2 is 1.62 bits per heavy atom. The van der Waals surface area contributed by atoms with Crippen LogP contribution in [0.2, 0.25) is 0 Å². The van der Waals surface area contributed by atoms with Gasteiger partial charge in [0.25, 0.3) is 5.91 Å². The molecule has 0 atom stereocenters. The summed E-state index contributed by atoms with van der Waals surface area (Å²) < 4.78 is 10.9. The Bertz CT molecular complexity index is 664. The van der Waals surface area contributed by atoms with Crippen LogP contribution in [-0.2, 0) is 0 Å². The van der Waals surface area contributed by atoms with Gasteiger partial charge in [0.2, 0.25) is 0 Å². The molecular formula is C19H22N2O3. The molecule has 0 aliphatic carbocycles. The molecule has 5 heteroatoms. The van der Waals surface area contributed by atoms with E-state index >= 15 is 0 Å². The zero-order chi connectivity index (χ0) is 17.2. The van der Waals surface area contributed by atoms with E-state index in [0.29, 0.717) is 18.8 Å². The smallest absolute Gasteiger partial charge is 0.271 e. The zero-order valence-corrected chi connectivity index (χ0v) is 14.0. The van der Waals surface area contributed by atoms with Gasteiger partial charge in [-0.05, 0) is 67.4 Å². The van der Waals surface area contributed by atoms with Crippen LogP contribution in [0.5, 0.6) is 11.5 Å². The molecule has 0 heterocycles. The predicted molar refractivity (Wildman–Crippen MR) is 94.9 cm³/mol. The third-order valence-electron chi connectivity index (χ3n) is 3.16. The zero-order valence-electron chi connectivity index (χ0n) is 14.0. The molecular weight excluding hydrogens is 304 g/mol. The second-order valence-corrected chi connectivity index (χ2v) is 5.07. The van der Waals surface area contributed by atoms with Crippen LogP contribution in [0.3, 0.4) is 0 Å². The summed E-state index contributed by atoms with van der Waals surface area (Å²) in [6.45, 7) is 5.27. The molecule has 1 amide bonds. The number of nitrogens with one attached hydrogen (secondary N) is 1. The molecule has 2 aromatic carbocycles. The molecule has 0 saturated carbocycles. The van der Waals surface area contributed by atoms with Gasteiger partial charge in [0.1, 0.15) is 11.5 Å². The normalized spacial score (nSPS) is 10.6. The van der Waals surface area contributed by atoms with Crippen molar-refractivity contribution in [1.29, 1.82) is 0 Å². The van der Waals surface area contributed by atoms with Crippen molar-refractivity contribution in [3.8, 4) is 11.5 Å². The molecule has 0 saturated heterocycles. The summed E-state index contributed by atoms with van der Waals surface area (Å²) in [6.07, 6.45) is 2.57. The summed E-state index contributed by atoms with van der Waals surface area (Å²) in [5.74, 6) is 1.30. The molecule has 0 aliphatic rings. The number of hydrogen-bond acceptors (Lipinski definition) is 4. The van der Waals surface area contributed by atoms with Crippen LogP contribution in [-0.4, -0.2) is 25.3 Å². The van der Waals surface area contributed by atoms with Crippen molar-refractivity contribution < 1.29 is 14.3 Å². The number of nitrogens with zero attached hydrogens (tertiary/aromatic N) is 1. The van der Waals surface area contributed by atoms with Crippen molar-refractivity contribution in [1.82, 2.24) is 5.43 Å². The first-order valence-electron chi connectivity index (χ1n) is 8.02. The van der Waals surface area contributed by atoms with E-state index in [1.807, 2.05) is 31.2 Å². The monoisotopic (exact) mass is 326 g/mol. The number of hydrazone groups is 1. The standard InChI is InChI=1S/C19H22N2O3/c1-3-13-24-18-9-5-15(6-10-18)14-20-21-19(22)16-7-11-17(12-8-16)23-4-2/h5-12,14H,3-4,13H2,1-2H3,(H,21,22)/b20-14+. The molecule has 2 aromatic rings. The Morgan fingerprint density at radius 1 is 1.00 bits per heavy atom. The fraction of sp³-hybridized carbons (Fsp3) is 0.263. The first kappa shape index (κ1) is 17.5. The molecule has 0 bridgehead atoms. The first-order chi connectivity index (χ1) is 11.7. The van der Waals surface area contributed by atoms with Crippen molar-refractivity contribution in [2.24, 2.45) is 5.10 Å². The fourth-order valence-electron chi connectivity index (χ4n) is 1.97. The molecule has 2 rings (SSSR count). The van der Waals surface area contributed by atoms with E-state index in [1.54, 1.807) is 30.5 Å². The van der Waals surface area contributed by atoms with Crippen LogP contribution in [0.15, 0.2) is 53.6 Å². The molecule has 0 aromatic heterocycles. The average Bonchev–Trinajstić information content (AvgIpc) is 2.62. The number of hydrogen-bond donors (Lipinski definition) is 1. The van der Waals surface area contributed by atoms with Gasteiger partial charge in [0.15, 0.2) is 0 Å². The van der Waals surface area contributed by atoms with Crippen LogP contribution >= 0.6 is 0 Å². The molecule has 5 nitrogen and oxygen atoms in total. The van der Waals surface area contributed by atoms with Gasteiger partial charge < -0.3 is 9.47 Å². The number of carbonyl (C=O) groups is 1. The number of amides is 1. The highest BCUT2D eigenvalue weighted by molar-refractivity contribution is 5.95. The molecule has 0 aliphatic heterocycles. The van der Waals surface area contributed by atoms with Gasteiger partial charge >= 0.3 is 0 Å². The molecule has 0 fully saturated rings. The highest BCUT2D eigenvalue weighted by Crippen LogP contribution is 2.12. The van der Waals surface area contributed by atoms with E-state index < -0.39 is 0 Å². The summed E-state index contributed by atoms with van der Waals surface area (Å²) in [4.78, 5) is 12.0. The van der Waals surface area contributed by atoms with Gasteiger partial charge in [-0.25, -0.2) is 5.43 Å². The molecule has 1 N–H and O–H groups in total. The summed E-state index contributed by atoms with van der Waals surface area (Å²) in [5, 5.41) is 3.97. The van der Waals surface area contributed by atoms with E-state index in [4.69, 9.17) is 9.47 Å². The molecule has 0 unspecified atom stereocenters. The van der Waals surface area contributed by atoms with E-state index in [2.05, 4.69) is 17.5 Å². The maximum absolute atomic E-state index is 12.0. The van der Waals surface area contributed by atoms with Crippen LogP contribution in [0.4, 0.5) is 0 Å². The number of carbonyl (C=O) groups excluding carboxylic acids is 1. The molecule has 0 spiro atoms. The Labute approximate surface area is 142 Å². The lowest BCUT2D eigenvalue weighted by molar-refractivity contribution is 0.0955. The maximum Gasteiger partial charge on any atom is 0.271 e. The average molecular weight is 326 g/mol. The minimum absolute atomic E-state index is 0.266. The van der Waals surface area contributed by atoms with Gasteiger partial charge in [-0.3, -0.25) is 4.79 Å². The Kier molecular flexibility index (Phi) is 6.83. The summed E-state index contributed by atoms with van der Waals surface area (Å²) in [6, 6.07) is 14.5. The fourth-order valence-corrected chi connectivity index (χ4v) is 1.97. The summed E-state index contributed by atoms with van der Waals surface area (Å²) in [5.41, 5.74) is 3.91. The van der Waals surface area contributed by atoms with E-state index in [0.717, 1.165) is 23.5 Å². The lowest BCUT2D eigenvalue weighted by Crippen LogP contribution is -2.17. The third-order valence-corrected chi connectivity index (χ3v) is 3.16. The van der Waals surface area contributed by atoms with Crippen molar-refractivity contribution in [3.63, 3.8) is 0 Å². The first-order valence-corrected chi connectivity index (χ1v) is 8.02. The highest BCUT2D eigenvalue weighted by atomic mass is 16.5. The number of benzene rings is 2. The van der Waals surface area contributed by atoms with Crippen molar-refractivity contribution in [2.45, 2.75) is 20.3 Å². The number of ether oxygens (including phenoxy) is 2. The van der Waals surface area contributed by atoms with Crippen molar-refractivity contribution in [3.05, 3.63) is 59.7 Å². The van der Waals surface area contributed by atoms with Crippen LogP contribution in [0.25, 0.3) is 0 Å². The van der Waals surface area contributed by atoms with E-state index in [9.17, 15) is 4.79 Å². The third kappa shape index (κ3) is 5.43. The van der Waals surface area contributed by atoms with Gasteiger partial charge in [-0.15, -0.1) is 0 Å². The topological polar surface area (TPSA) is 59.9 Å². The van der Waals surface area contributed by atoms with Crippen molar-refractivity contribution >= 4 is 12.1 Å². The highest BCUT2D eigenvalue weighted by Gasteiger charge is 2.04. The second kappa shape index (κ2) is 9.35. The van der Waals surface area contributed by atoms with Crippen LogP contribution in [0, 0.1) is 0 Å². The second-order valence-electron chi connectivity index (χ2n) is 5.07. The Morgan fingerprint density at radius 3 is 2.25 bits per heavy atom. The maximum atomic E-state index is 12.0. The van der Waals surface area contributed by atoms with Gasteiger partial charge in [-0.2, -0.15) is 5.10 Å². The van der Waals surface area contributed by atoms with Gasteiger partial charge in [0.05, 0.1) is 19.4 Å². The molecule has 0 radical (unpaired) electrons. The lowest BCUT2D eigenvalue weighted by Gasteiger charge is -2.04. The summed E-state index contributed by atoms with van der Waals surface area (Å²) in [7, 11) is 0. The Hall–Kier alpha value is -2.82. The molecule has 24 heavy (non-hydrogen) atoms. The lowest BCUT2D eigenvalue weighted by atomic mass is 10.2. The number of rotatable bonds is 8. The Balaban J connectivity index is 1.87. The van der Waals surface area contributed by atoms with Crippen molar-refractivity contribution in [2.75, 3.05) is 13.2 Å². The van der Waals surface area contributed by atoms with Gasteiger partial charge in [0, 0.05) is 5.56 Å². The largest absolute Gasteiger partial charge is 0.494 e. The minimum Gasteiger partial charge on any atom is -0.494 e. The van der Waals surface area contributed by atoms with E-state index in [1.165, 1.54) is 0 Å². The van der Waals surface area contributed by atoms with E-state index in [-0.39, 0.29) is 5.91 Å². The SMILES string of the molecule is CCCOc1ccc(/C=N/NC(=O)c2ccc(OCC)cc2)cc1.